The number of hydrogen-bond acceptors (Lipinski definition) is 3. The molecule has 5 heteroatoms. The first kappa shape index (κ1) is 15.7. The Balaban J connectivity index is 2.69. The molecule has 1 amide bonds. The number of benzene rings is 1. The van der Waals surface area contributed by atoms with Crippen molar-refractivity contribution in [3.05, 3.63) is 23.8 Å². The van der Waals surface area contributed by atoms with Gasteiger partial charge in [-0.05, 0) is 37.5 Å². The minimum Gasteiger partial charge on any atom is -0.398 e. The molecule has 0 aromatic heterocycles. The summed E-state index contributed by atoms with van der Waals surface area (Å²) in [6, 6.07) is 5.44. The van der Waals surface area contributed by atoms with Crippen LogP contribution in [0.1, 0.15) is 32.3 Å². The SMILES string of the molecule is CCC(CC)NC(=O)CS(=O)c1cccc(N)c1C. The molecular weight excluding hydrogens is 260 g/mol. The van der Waals surface area contributed by atoms with E-state index in [1.807, 2.05) is 20.8 Å². The molecule has 3 N–H and O–H groups in total. The van der Waals surface area contributed by atoms with Gasteiger partial charge in [0.25, 0.3) is 0 Å². The standard InChI is InChI=1S/C14H22N2O2S/c1-4-11(5-2)16-14(17)9-19(18)13-8-6-7-12(15)10(13)3/h6-8,11H,4-5,9,15H2,1-3H3,(H,16,17). The maximum absolute atomic E-state index is 12.2. The molecule has 0 aliphatic carbocycles. The van der Waals surface area contributed by atoms with Crippen molar-refractivity contribution in [3.63, 3.8) is 0 Å². The predicted octanol–water partition coefficient (Wildman–Crippen LogP) is 1.99. The van der Waals surface area contributed by atoms with Crippen molar-refractivity contribution in [2.75, 3.05) is 11.5 Å². The Kier molecular flexibility index (Phi) is 6.02. The average molecular weight is 282 g/mol. The Morgan fingerprint density at radius 2 is 2.00 bits per heavy atom. The topological polar surface area (TPSA) is 72.2 Å². The third-order valence-corrected chi connectivity index (χ3v) is 4.64. The molecule has 0 radical (unpaired) electrons. The lowest BCUT2D eigenvalue weighted by Crippen LogP contribution is -2.36. The van der Waals surface area contributed by atoms with E-state index in [2.05, 4.69) is 5.32 Å². The van der Waals surface area contributed by atoms with Crippen LogP contribution in [0.15, 0.2) is 23.1 Å². The molecule has 19 heavy (non-hydrogen) atoms. The van der Waals surface area contributed by atoms with E-state index >= 15 is 0 Å². The smallest absolute Gasteiger partial charge is 0.233 e. The fourth-order valence-electron chi connectivity index (χ4n) is 1.84. The zero-order valence-electron chi connectivity index (χ0n) is 11.7. The highest BCUT2D eigenvalue weighted by molar-refractivity contribution is 7.85. The maximum Gasteiger partial charge on any atom is 0.233 e. The largest absolute Gasteiger partial charge is 0.398 e. The molecule has 1 rings (SSSR count). The van der Waals surface area contributed by atoms with Crippen LogP contribution in [-0.4, -0.2) is 21.9 Å². The number of nitrogens with one attached hydrogen (secondary N) is 1. The van der Waals surface area contributed by atoms with Gasteiger partial charge in [-0.15, -0.1) is 0 Å². The molecule has 1 atom stereocenters. The van der Waals surface area contributed by atoms with Gasteiger partial charge in [-0.1, -0.05) is 19.9 Å². The molecule has 106 valence electrons. The minimum absolute atomic E-state index is 0.0131. The van der Waals surface area contributed by atoms with Crippen LogP contribution in [0.4, 0.5) is 5.69 Å². The molecule has 0 bridgehead atoms. The number of anilines is 1. The summed E-state index contributed by atoms with van der Waals surface area (Å²) in [5, 5.41) is 2.89. The second kappa shape index (κ2) is 7.28. The molecule has 1 aromatic carbocycles. The highest BCUT2D eigenvalue weighted by Crippen LogP contribution is 2.19. The van der Waals surface area contributed by atoms with Crippen LogP contribution in [0.5, 0.6) is 0 Å². The van der Waals surface area contributed by atoms with Crippen LogP contribution in [0.3, 0.4) is 0 Å². The average Bonchev–Trinajstić information content (AvgIpc) is 2.38. The van der Waals surface area contributed by atoms with Gasteiger partial charge in [0.15, 0.2) is 0 Å². The van der Waals surface area contributed by atoms with Gasteiger partial charge < -0.3 is 11.1 Å². The minimum atomic E-state index is -1.35. The highest BCUT2D eigenvalue weighted by Gasteiger charge is 2.15. The fraction of sp³-hybridized carbons (Fsp3) is 0.500. The van der Waals surface area contributed by atoms with Crippen molar-refractivity contribution in [1.29, 1.82) is 0 Å². The lowest BCUT2D eigenvalue weighted by Gasteiger charge is -2.15. The summed E-state index contributed by atoms with van der Waals surface area (Å²) in [6.45, 7) is 5.86. The molecule has 1 unspecified atom stereocenters. The third kappa shape index (κ3) is 4.35. The lowest BCUT2D eigenvalue weighted by atomic mass is 10.2. The summed E-state index contributed by atoms with van der Waals surface area (Å²) in [6.07, 6.45) is 1.76. The molecular formula is C14H22N2O2S. The normalized spacial score (nSPS) is 12.4. The van der Waals surface area contributed by atoms with Gasteiger partial charge in [0.2, 0.25) is 5.91 Å². The van der Waals surface area contributed by atoms with E-state index in [0.717, 1.165) is 18.4 Å². The van der Waals surface area contributed by atoms with Crippen LogP contribution in [0.2, 0.25) is 0 Å². The van der Waals surface area contributed by atoms with Gasteiger partial charge >= 0.3 is 0 Å². The van der Waals surface area contributed by atoms with Crippen LogP contribution in [-0.2, 0) is 15.6 Å². The highest BCUT2D eigenvalue weighted by atomic mass is 32.2. The summed E-state index contributed by atoms with van der Waals surface area (Å²) < 4.78 is 12.2. The first-order chi connectivity index (χ1) is 8.99. The molecule has 0 heterocycles. The second-order valence-electron chi connectivity index (χ2n) is 4.54. The monoisotopic (exact) mass is 282 g/mol. The van der Waals surface area contributed by atoms with Gasteiger partial charge in [0, 0.05) is 16.6 Å². The van der Waals surface area contributed by atoms with Crippen molar-refractivity contribution in [2.24, 2.45) is 0 Å². The zero-order valence-corrected chi connectivity index (χ0v) is 12.5. The molecule has 0 spiro atoms. The Morgan fingerprint density at radius 1 is 1.37 bits per heavy atom. The third-order valence-electron chi connectivity index (χ3n) is 3.18. The Bertz CT molecular complexity index is 471. The molecule has 0 aliphatic heterocycles. The molecule has 0 saturated heterocycles. The summed E-state index contributed by atoms with van der Waals surface area (Å²) in [4.78, 5) is 12.5. The molecule has 0 saturated carbocycles. The summed E-state index contributed by atoms with van der Waals surface area (Å²) >= 11 is 0. The van der Waals surface area contributed by atoms with E-state index in [1.54, 1.807) is 18.2 Å². The summed E-state index contributed by atoms with van der Waals surface area (Å²) in [5.74, 6) is -0.185. The van der Waals surface area contributed by atoms with Crippen LogP contribution >= 0.6 is 0 Å². The quantitative estimate of drug-likeness (QED) is 0.784. The van der Waals surface area contributed by atoms with Crippen LogP contribution in [0, 0.1) is 6.92 Å². The van der Waals surface area contributed by atoms with Gasteiger partial charge in [-0.3, -0.25) is 9.00 Å². The molecule has 4 nitrogen and oxygen atoms in total. The first-order valence-electron chi connectivity index (χ1n) is 6.52. The fourth-order valence-corrected chi connectivity index (χ4v) is 3.00. The maximum atomic E-state index is 12.2. The Labute approximate surface area is 117 Å². The number of hydrogen-bond donors (Lipinski definition) is 2. The predicted molar refractivity (Wildman–Crippen MR) is 79.4 cm³/mol. The molecule has 0 aliphatic rings. The second-order valence-corrected chi connectivity index (χ2v) is 5.96. The Hall–Kier alpha value is -1.36. The Morgan fingerprint density at radius 3 is 2.58 bits per heavy atom. The summed E-state index contributed by atoms with van der Waals surface area (Å²) in [5.41, 5.74) is 7.17. The molecule has 0 fully saturated rings. The van der Waals surface area contributed by atoms with Crippen LogP contribution in [0.25, 0.3) is 0 Å². The van der Waals surface area contributed by atoms with E-state index in [1.165, 1.54) is 0 Å². The summed E-state index contributed by atoms with van der Waals surface area (Å²) in [7, 11) is -1.35. The first-order valence-corrected chi connectivity index (χ1v) is 7.84. The van der Waals surface area contributed by atoms with Crippen molar-refractivity contribution in [2.45, 2.75) is 44.6 Å². The van der Waals surface area contributed by atoms with E-state index in [-0.39, 0.29) is 17.7 Å². The van der Waals surface area contributed by atoms with Gasteiger partial charge in [0.1, 0.15) is 5.75 Å². The van der Waals surface area contributed by atoms with Gasteiger partial charge in [-0.2, -0.15) is 0 Å². The number of amides is 1. The lowest BCUT2D eigenvalue weighted by molar-refractivity contribution is -0.119. The van der Waals surface area contributed by atoms with E-state index in [9.17, 15) is 9.00 Å². The van der Waals surface area contributed by atoms with Crippen molar-refractivity contribution >= 4 is 22.4 Å². The number of carbonyl (C=O) groups is 1. The van der Waals surface area contributed by atoms with E-state index < -0.39 is 10.8 Å². The number of rotatable bonds is 6. The van der Waals surface area contributed by atoms with Crippen LogP contribution < -0.4 is 11.1 Å². The molecule has 1 aromatic rings. The van der Waals surface area contributed by atoms with Gasteiger partial charge in [0.05, 0.1) is 10.8 Å². The van der Waals surface area contributed by atoms with E-state index in [4.69, 9.17) is 5.73 Å². The number of nitrogens with two attached hydrogens (primary N) is 1. The van der Waals surface area contributed by atoms with Crippen molar-refractivity contribution < 1.29 is 9.00 Å². The zero-order chi connectivity index (χ0) is 14.4. The van der Waals surface area contributed by atoms with E-state index in [0.29, 0.717) is 10.6 Å². The number of nitrogen functional groups attached to an aromatic ring is 1. The van der Waals surface area contributed by atoms with Crippen molar-refractivity contribution in [3.8, 4) is 0 Å². The van der Waals surface area contributed by atoms with Crippen molar-refractivity contribution in [1.82, 2.24) is 5.32 Å². The van der Waals surface area contributed by atoms with Gasteiger partial charge in [-0.25, -0.2) is 0 Å². The number of carbonyl (C=O) groups excluding carboxylic acids is 1.